The number of hydrogen-bond acceptors (Lipinski definition) is 38. The van der Waals surface area contributed by atoms with Crippen LogP contribution in [0, 0.1) is 17.8 Å². The number of phosphoric ester groups is 3. The number of aryl methyl sites for hydroxylation is 2. The zero-order chi connectivity index (χ0) is 106. The van der Waals surface area contributed by atoms with Crippen molar-refractivity contribution < 1.29 is 143 Å². The highest BCUT2D eigenvalue weighted by molar-refractivity contribution is 8.77. The minimum atomic E-state index is -4.20. The van der Waals surface area contributed by atoms with Gasteiger partial charge in [-0.25, -0.2) is 24.5 Å². The Bertz CT molecular complexity index is 4560. The van der Waals surface area contributed by atoms with Crippen molar-refractivity contribution in [3.8, 4) is 0 Å². The molecule has 17 N–H and O–H groups in total. The van der Waals surface area contributed by atoms with E-state index in [1.165, 1.54) is 17.7 Å². The lowest BCUT2D eigenvalue weighted by atomic mass is 9.92. The number of aromatic nitrogens is 5. The van der Waals surface area contributed by atoms with Crippen LogP contribution in [0.2, 0.25) is 0 Å². The van der Waals surface area contributed by atoms with Crippen LogP contribution in [0.3, 0.4) is 0 Å². The molecule has 0 fully saturated rings. The third-order valence-electron chi connectivity index (χ3n) is 19.6. The van der Waals surface area contributed by atoms with Crippen molar-refractivity contribution in [2.45, 2.75) is 257 Å². The van der Waals surface area contributed by atoms with Gasteiger partial charge in [-0.3, -0.25) is 76.2 Å². The fraction of sp³-hybridized carbons (Fsp3) is 0.648. The van der Waals surface area contributed by atoms with Crippen LogP contribution in [-0.2, 0) is 116 Å². The van der Waals surface area contributed by atoms with Gasteiger partial charge in [0.05, 0.1) is 56.0 Å². The molecule has 3 unspecified atom stereocenters. The van der Waals surface area contributed by atoms with Crippen molar-refractivity contribution in [2.24, 2.45) is 29.2 Å². The fourth-order valence-electron chi connectivity index (χ4n) is 11.8. The molecule has 0 aliphatic rings. The van der Waals surface area contributed by atoms with Crippen molar-refractivity contribution in [2.75, 3.05) is 103 Å². The number of benzene rings is 1. The number of rotatable bonds is 74. The summed E-state index contributed by atoms with van der Waals surface area (Å²) >= 11 is 0. The maximum Gasteiger partial charge on any atom is 0.373 e. The number of nitrogens with one attached hydrogen (secondary N) is 8. The molecule has 141 heavy (non-hydrogen) atoms. The molecular weight excluding hydrogens is 1980 g/mol. The number of carbonyl (C=O) groups is 13. The summed E-state index contributed by atoms with van der Waals surface area (Å²) in [4.78, 5) is 237. The number of urea groups is 1. The molecule has 0 saturated carbocycles. The van der Waals surface area contributed by atoms with Gasteiger partial charge in [-0.15, -0.1) is 0 Å². The average molecular weight is 2130 g/mol. The molecule has 3 aromatic heterocycles. The van der Waals surface area contributed by atoms with E-state index in [1.807, 2.05) is 44.2 Å². The first-order valence-electron chi connectivity index (χ1n) is 46.4. The number of H-pyrrole nitrogens is 1. The summed E-state index contributed by atoms with van der Waals surface area (Å²) in [5, 5.41) is 47.9. The van der Waals surface area contributed by atoms with E-state index in [0.29, 0.717) is 114 Å². The Kier molecular flexibility index (Phi) is 79.2. The number of fused-ring (bicyclic) bond motifs is 1. The summed E-state index contributed by atoms with van der Waals surface area (Å²) in [6, 6.07) is 9.36. The number of carboxylic acids is 3. The van der Waals surface area contributed by atoms with Crippen LogP contribution < -0.4 is 74.7 Å². The number of anilines is 1. The second kappa shape index (κ2) is 83.3. The maximum absolute atomic E-state index is 13.4. The number of nitrogens with two attached hydrogens (primary N) is 3. The number of aromatic amines is 1. The van der Waals surface area contributed by atoms with Gasteiger partial charge in [0.15, 0.2) is 22.7 Å². The second-order valence-electron chi connectivity index (χ2n) is 30.8. The molecule has 0 aliphatic heterocycles. The molecule has 1 aromatic carbocycles. The van der Waals surface area contributed by atoms with Gasteiger partial charge in [-0.2, -0.15) is 14.6 Å². The number of ketones is 3. The van der Waals surface area contributed by atoms with Crippen molar-refractivity contribution in [1.82, 2.24) is 62.1 Å². The Balaban J connectivity index is 0. The number of primary amides is 1. The SMILES string of the molecule is CC.CCC(=O)C[C@@H](C)C(=O)N[C@@H](CCCNC(N)=O)C(=O)C[C@@H](CC(=O)O)C(=O)N[C@@H](CSSCCC(=O)NCCCCCC(=O)NCCCCCCOP(=O)([O-])OC)C(=O)O.CC[C@H](CC(=O)c1ccc(CCc2cnc3nc(N)[nH]c(=O)c3n2)cc1)C(=O)O.COP(=O)([O-])OCCCCCCN.COP(=O)([O-])OCCCCCCNC(=O)CCCCCNC(=O)CCSSc1ccccn1.O=C=O. The number of nitrogen functional groups attached to an aromatic ring is 1. The van der Waals surface area contributed by atoms with Gasteiger partial charge in [-0.05, 0) is 131 Å². The molecule has 8 amide bonds. The summed E-state index contributed by atoms with van der Waals surface area (Å²) in [7, 11) is -3.66. The van der Waals surface area contributed by atoms with Crippen molar-refractivity contribution in [3.63, 3.8) is 0 Å². The number of amides is 8. The second-order valence-corrected chi connectivity index (χ2v) is 40.4. The standard InChI is InChI=1S/C37H65N6O15PS2.C21H36N3O6PS2.C20H21N5O4.C7H18NO4P.C2H6.CO2/c1-4-27(44)21-25(2)34(50)42-28(13-12-18-41-37(38)54)30(45)22-26(23-33(48)49)35(51)43-29(36(52)53)24-61-60-20-15-32(47)40-17-10-7-8-14-31(46)39-16-9-5-6-11-19-58-59(55,56)57-3;1-29-31(27,28)30-17-10-3-2-7-14-22-19(25)11-5-4-8-15-23-20(26)13-18-32-33-21-12-6-9-16-24-21;1-2-12(19(28)29)9-15(26)13-6-3-11(4-7-13)5-8-14-10-22-17-16(23-14)18(27)25-20(21)24-17;1-11-13(9,10)12-7-5-3-2-4-6-8;1-2;2-1-3/h25-26,28-29H,4-24H2,1-3H3,(H,39,46)(H,40,47)(H,42,50)(H,43,51)(H,48,49)(H,52,53)(H,55,56)(H3,38,41,54);6,9,12,16H,2-5,7-8,10-11,13-15,17-18H2,1H3,(H,22,25)(H,23,26)(H,27,28);3-4,6-7,10,12H,2,5,8-9H2,1H3,(H,28,29)(H3,21,22,24,25,27);2-8H2,1H3,(H,9,10);1-2H3;/p-3/t25-,26+,28+,29+;;12-;;;/m1.1.../s1. The fourth-order valence-corrected chi connectivity index (χ4v) is 17.2. The summed E-state index contributed by atoms with van der Waals surface area (Å²) in [6.07, 6.45) is 19.7. The van der Waals surface area contributed by atoms with Gasteiger partial charge >= 0.3 is 30.1 Å². The summed E-state index contributed by atoms with van der Waals surface area (Å²) in [6.45, 7) is 12.2. The molecular formula is C88H143N15O31P3S4-3. The number of nitrogens with zero attached hydrogens (tertiary/aromatic N) is 4. The highest BCUT2D eigenvalue weighted by Gasteiger charge is 2.33. The van der Waals surface area contributed by atoms with Gasteiger partial charge in [0.1, 0.15) is 16.9 Å². The number of carboxylic acid groups (broad SMARTS) is 3. The lowest BCUT2D eigenvalue weighted by molar-refractivity contribution is -0.224. The normalized spacial score (nSPS) is 13.0. The van der Waals surface area contributed by atoms with E-state index >= 15 is 0 Å². The third-order valence-corrected chi connectivity index (χ3v) is 27.2. The van der Waals surface area contributed by atoms with Gasteiger partial charge < -0.3 is 112 Å². The minimum absolute atomic E-state index is 0.00667. The summed E-state index contributed by atoms with van der Waals surface area (Å²) in [5.41, 5.74) is 17.9. The van der Waals surface area contributed by atoms with E-state index in [-0.39, 0.29) is 129 Å². The molecule has 8 atom stereocenters. The Morgan fingerprint density at radius 2 is 1.01 bits per heavy atom. The lowest BCUT2D eigenvalue weighted by Crippen LogP contribution is -2.48. The van der Waals surface area contributed by atoms with Crippen LogP contribution in [0.5, 0.6) is 0 Å². The van der Waals surface area contributed by atoms with Crippen LogP contribution in [0.25, 0.3) is 11.2 Å². The molecule has 0 radical (unpaired) electrons. The molecule has 4 aromatic rings. The van der Waals surface area contributed by atoms with Crippen LogP contribution in [0.15, 0.2) is 64.7 Å². The first kappa shape index (κ1) is 134. The number of hydrogen-bond donors (Lipinski definition) is 14. The molecule has 46 nitrogen and oxygen atoms in total. The first-order chi connectivity index (χ1) is 67.1. The van der Waals surface area contributed by atoms with Gasteiger partial charge in [0.2, 0.25) is 41.4 Å². The summed E-state index contributed by atoms with van der Waals surface area (Å²) < 4.78 is 59.0. The van der Waals surface area contributed by atoms with E-state index in [0.717, 1.165) is 138 Å². The number of phosphoric acid groups is 3. The Morgan fingerprint density at radius 3 is 1.47 bits per heavy atom. The Hall–Kier alpha value is -9.03. The smallest absolute Gasteiger partial charge is 0.373 e. The molecule has 0 saturated heterocycles. The van der Waals surface area contributed by atoms with Crippen molar-refractivity contribution >= 4 is 167 Å². The van der Waals surface area contributed by atoms with E-state index < -0.39 is 113 Å². The van der Waals surface area contributed by atoms with E-state index in [9.17, 15) is 106 Å². The third kappa shape index (κ3) is 72.8. The average Bonchev–Trinajstić information content (AvgIpc) is 0.808. The first-order valence-corrected chi connectivity index (χ1v) is 55.6. The quantitative estimate of drug-likeness (QED) is 0.00854. The van der Waals surface area contributed by atoms with Crippen molar-refractivity contribution in [1.29, 1.82) is 0 Å². The minimum Gasteiger partial charge on any atom is -0.756 e. The number of Topliss-reactive ketones (excluding diaryl/α,β-unsaturated/α-hetero) is 3. The van der Waals surface area contributed by atoms with Gasteiger partial charge in [0, 0.05) is 140 Å². The number of pyridine rings is 1. The molecule has 53 heteroatoms. The van der Waals surface area contributed by atoms with Crippen LogP contribution in [0.4, 0.5) is 10.7 Å². The topological polar surface area (TPSA) is 739 Å². The van der Waals surface area contributed by atoms with Crippen LogP contribution in [-0.4, -0.2) is 233 Å². The van der Waals surface area contributed by atoms with Gasteiger partial charge in [0.25, 0.3) is 29.0 Å². The highest BCUT2D eigenvalue weighted by Crippen LogP contribution is 2.39. The van der Waals surface area contributed by atoms with Gasteiger partial charge in [-0.1, -0.05) is 149 Å². The Labute approximate surface area is 838 Å². The predicted octanol–water partition coefficient (Wildman–Crippen LogP) is 8.34. The van der Waals surface area contributed by atoms with E-state index in [1.54, 1.807) is 60.0 Å². The molecule has 798 valence electrons. The van der Waals surface area contributed by atoms with Crippen LogP contribution >= 0.6 is 66.6 Å². The van der Waals surface area contributed by atoms with Crippen molar-refractivity contribution in [3.05, 3.63) is 82.0 Å². The Morgan fingerprint density at radius 1 is 0.539 bits per heavy atom. The molecule has 0 bridgehead atoms. The highest BCUT2D eigenvalue weighted by atomic mass is 33.1. The molecule has 0 spiro atoms. The maximum atomic E-state index is 13.4. The zero-order valence-electron chi connectivity index (χ0n) is 81.5. The number of aliphatic carboxylic acids is 3. The largest absolute Gasteiger partial charge is 0.756 e. The molecule has 0 aliphatic carbocycles. The predicted molar refractivity (Wildman–Crippen MR) is 528 cm³/mol. The van der Waals surface area contributed by atoms with E-state index in [2.05, 4.69) is 89.3 Å². The van der Waals surface area contributed by atoms with Crippen LogP contribution in [0.1, 0.15) is 249 Å². The monoisotopic (exact) mass is 2130 g/mol. The lowest BCUT2D eigenvalue weighted by Gasteiger charge is -2.23. The summed E-state index contributed by atoms with van der Waals surface area (Å²) in [5.74, 6) is -8.66. The molecule has 4 rings (SSSR count). The molecule has 3 heterocycles. The van der Waals surface area contributed by atoms with E-state index in [4.69, 9.17) is 31.9 Å². The number of unbranched alkanes of at least 4 members (excludes halogenated alkanes) is 13. The zero-order valence-corrected chi connectivity index (χ0v) is 87.4. The number of carbonyl (C=O) groups excluding carboxylic acids is 12.